The van der Waals surface area contributed by atoms with Crippen molar-refractivity contribution in [2.75, 3.05) is 5.32 Å². The topological polar surface area (TPSA) is 91.3 Å². The molecule has 4 aromatic rings. The van der Waals surface area contributed by atoms with E-state index in [9.17, 15) is 13.2 Å². The Labute approximate surface area is 199 Å². The highest BCUT2D eigenvalue weighted by molar-refractivity contribution is 5.71. The Morgan fingerprint density at radius 1 is 1.20 bits per heavy atom. The Hall–Kier alpha value is -3.70. The second-order valence-electron chi connectivity index (χ2n) is 9.45. The van der Waals surface area contributed by atoms with Crippen molar-refractivity contribution in [1.29, 1.82) is 0 Å². The third-order valence-electron chi connectivity index (χ3n) is 7.23. The number of nitrogens with zero attached hydrogens (tertiary/aromatic N) is 8. The first-order valence-corrected chi connectivity index (χ1v) is 11.5. The minimum absolute atomic E-state index is 0.0352. The molecule has 9 nitrogen and oxygen atoms in total. The zero-order valence-corrected chi connectivity index (χ0v) is 19.5. The number of alkyl halides is 3. The summed E-state index contributed by atoms with van der Waals surface area (Å²) in [5.74, 6) is 1.67. The Morgan fingerprint density at radius 2 is 2.00 bits per heavy atom. The van der Waals surface area contributed by atoms with Crippen molar-refractivity contribution in [3.8, 4) is 22.8 Å². The van der Waals surface area contributed by atoms with Crippen LogP contribution in [-0.4, -0.2) is 45.3 Å². The molecule has 1 fully saturated rings. The zero-order valence-electron chi connectivity index (χ0n) is 19.5. The molecular formula is C23H24F3N9. The first kappa shape index (κ1) is 21.8. The van der Waals surface area contributed by atoms with Crippen molar-refractivity contribution in [3.63, 3.8) is 0 Å². The number of nitrogens with one attached hydrogen (secondary N) is 1. The summed E-state index contributed by atoms with van der Waals surface area (Å²) in [4.78, 5) is 9.09. The molecule has 1 atom stereocenters. The fourth-order valence-corrected chi connectivity index (χ4v) is 5.09. The number of halogens is 3. The van der Waals surface area contributed by atoms with Crippen LogP contribution in [0.2, 0.25) is 0 Å². The average Bonchev–Trinajstić information content (AvgIpc) is 3.47. The number of aryl methyl sites for hydroxylation is 2. The first-order chi connectivity index (χ1) is 16.7. The van der Waals surface area contributed by atoms with Crippen molar-refractivity contribution in [2.45, 2.75) is 57.3 Å². The average molecular weight is 484 g/mol. The fraction of sp³-hybridized carbons (Fsp3) is 0.435. The molecule has 2 aliphatic rings. The van der Waals surface area contributed by atoms with E-state index in [2.05, 4.69) is 25.6 Å². The van der Waals surface area contributed by atoms with E-state index in [0.29, 0.717) is 24.7 Å². The van der Waals surface area contributed by atoms with E-state index in [1.165, 1.54) is 0 Å². The van der Waals surface area contributed by atoms with Crippen molar-refractivity contribution < 1.29 is 13.2 Å². The highest BCUT2D eigenvalue weighted by Gasteiger charge is 2.62. The van der Waals surface area contributed by atoms with Gasteiger partial charge in [-0.3, -0.25) is 4.68 Å². The molecule has 0 aromatic carbocycles. The van der Waals surface area contributed by atoms with Gasteiger partial charge in [0, 0.05) is 43.7 Å². The molecule has 1 aliphatic carbocycles. The second-order valence-corrected chi connectivity index (χ2v) is 9.45. The van der Waals surface area contributed by atoms with Gasteiger partial charge >= 0.3 is 6.18 Å². The Morgan fingerprint density at radius 3 is 2.66 bits per heavy atom. The Kier molecular flexibility index (Phi) is 4.61. The number of anilines is 2. The van der Waals surface area contributed by atoms with Gasteiger partial charge in [0.05, 0.1) is 17.6 Å². The first-order valence-electron chi connectivity index (χ1n) is 11.5. The lowest BCUT2D eigenvalue weighted by Gasteiger charge is -2.42. The predicted octanol–water partition coefficient (Wildman–Crippen LogP) is 4.55. The molecule has 0 amide bonds. The van der Waals surface area contributed by atoms with Crippen LogP contribution in [0.15, 0.2) is 30.7 Å². The monoisotopic (exact) mass is 483 g/mol. The van der Waals surface area contributed by atoms with Crippen LogP contribution in [0, 0.1) is 6.92 Å². The molecule has 5 heterocycles. The normalized spacial score (nSPS) is 18.6. The molecule has 1 saturated carbocycles. The van der Waals surface area contributed by atoms with Gasteiger partial charge in [0.1, 0.15) is 17.1 Å². The predicted molar refractivity (Wildman–Crippen MR) is 122 cm³/mol. The van der Waals surface area contributed by atoms with Crippen molar-refractivity contribution in [1.82, 2.24) is 39.1 Å². The van der Waals surface area contributed by atoms with Gasteiger partial charge in [-0.2, -0.15) is 18.3 Å². The molecule has 0 radical (unpaired) electrons. The summed E-state index contributed by atoms with van der Waals surface area (Å²) in [5.41, 5.74) is 1.28. The van der Waals surface area contributed by atoms with Gasteiger partial charge in [0.2, 0.25) is 5.95 Å². The molecule has 12 heteroatoms. The number of aromatic nitrogens is 8. The smallest absolute Gasteiger partial charge is 0.340 e. The van der Waals surface area contributed by atoms with Gasteiger partial charge in [-0.25, -0.2) is 9.97 Å². The lowest BCUT2D eigenvalue weighted by molar-refractivity contribution is -0.216. The number of hydrogen-bond acceptors (Lipinski definition) is 6. The summed E-state index contributed by atoms with van der Waals surface area (Å²) in [6.07, 6.45) is 1.70. The van der Waals surface area contributed by atoms with Gasteiger partial charge in [-0.15, -0.1) is 10.2 Å². The van der Waals surface area contributed by atoms with Crippen LogP contribution in [0.4, 0.5) is 24.9 Å². The quantitative estimate of drug-likeness (QED) is 0.458. The minimum Gasteiger partial charge on any atom is -0.340 e. The van der Waals surface area contributed by atoms with Crippen LogP contribution < -0.4 is 5.32 Å². The van der Waals surface area contributed by atoms with Crippen LogP contribution in [-0.2, 0) is 19.0 Å². The standard InChI is InChI=1S/C23H24F3N9/c1-13-10-27-21(29-17-5-8-28-33(17)3)30-18(13)15-9-16-19-31-32-20(22(6-4-7-22)23(24,25)26)35(19)11-14(2)34(16)12-15/h5,8-10,12,14H,4,6-7,11H2,1-3H3,(H,27,29,30)/t14-/m1/s1. The molecule has 0 unspecified atom stereocenters. The lowest BCUT2D eigenvalue weighted by atomic mass is 9.67. The molecule has 1 aliphatic heterocycles. The maximum Gasteiger partial charge on any atom is 0.401 e. The van der Waals surface area contributed by atoms with E-state index in [-0.39, 0.29) is 24.7 Å². The maximum absolute atomic E-state index is 14.0. The zero-order chi connectivity index (χ0) is 24.5. The fourth-order valence-electron chi connectivity index (χ4n) is 5.09. The van der Waals surface area contributed by atoms with Crippen molar-refractivity contribution in [2.24, 2.45) is 7.05 Å². The SMILES string of the molecule is Cc1cnc(Nc2ccnn2C)nc1-c1cc2n(c1)[C@H](C)Cn1c-2nnc1C1(C(F)(F)F)CCC1. The van der Waals surface area contributed by atoms with E-state index < -0.39 is 11.6 Å². The van der Waals surface area contributed by atoms with E-state index in [0.717, 1.165) is 28.3 Å². The van der Waals surface area contributed by atoms with Gasteiger partial charge in [-0.05, 0) is 38.3 Å². The van der Waals surface area contributed by atoms with Gasteiger partial charge in [0.25, 0.3) is 0 Å². The maximum atomic E-state index is 14.0. The summed E-state index contributed by atoms with van der Waals surface area (Å²) in [7, 11) is 1.82. The Bertz CT molecular complexity index is 1420. The molecule has 6 rings (SSSR count). The summed E-state index contributed by atoms with van der Waals surface area (Å²) < 4.78 is 47.5. The minimum atomic E-state index is -4.35. The van der Waals surface area contributed by atoms with Gasteiger partial charge < -0.3 is 14.5 Å². The lowest BCUT2D eigenvalue weighted by Crippen LogP contribution is -2.50. The highest BCUT2D eigenvalue weighted by atomic mass is 19.4. The number of fused-ring (bicyclic) bond motifs is 3. The van der Waals surface area contributed by atoms with E-state index in [1.54, 1.807) is 21.6 Å². The molecule has 182 valence electrons. The molecule has 0 spiro atoms. The summed E-state index contributed by atoms with van der Waals surface area (Å²) in [5, 5.41) is 15.6. The molecule has 4 aromatic heterocycles. The van der Waals surface area contributed by atoms with Crippen LogP contribution in [0.3, 0.4) is 0 Å². The summed E-state index contributed by atoms with van der Waals surface area (Å²) >= 11 is 0. The second kappa shape index (κ2) is 7.40. The highest BCUT2D eigenvalue weighted by Crippen LogP contribution is 2.54. The van der Waals surface area contributed by atoms with Crippen molar-refractivity contribution >= 4 is 11.8 Å². The molecular weight excluding hydrogens is 459 g/mol. The van der Waals surface area contributed by atoms with E-state index in [1.807, 2.05) is 43.8 Å². The molecule has 0 bridgehead atoms. The molecule has 35 heavy (non-hydrogen) atoms. The van der Waals surface area contributed by atoms with E-state index in [4.69, 9.17) is 4.98 Å². The number of rotatable bonds is 4. The molecule has 0 saturated heterocycles. The van der Waals surface area contributed by atoms with Gasteiger partial charge in [0.15, 0.2) is 5.82 Å². The van der Waals surface area contributed by atoms with Crippen LogP contribution in [0.5, 0.6) is 0 Å². The van der Waals surface area contributed by atoms with Crippen LogP contribution >= 0.6 is 0 Å². The third kappa shape index (κ3) is 3.18. The van der Waals surface area contributed by atoms with Crippen LogP contribution in [0.25, 0.3) is 22.8 Å². The molecule has 1 N–H and O–H groups in total. The summed E-state index contributed by atoms with van der Waals surface area (Å²) in [6, 6.07) is 3.67. The largest absolute Gasteiger partial charge is 0.401 e. The van der Waals surface area contributed by atoms with E-state index >= 15 is 0 Å². The summed E-state index contributed by atoms with van der Waals surface area (Å²) in [6.45, 7) is 4.30. The Balaban J connectivity index is 1.41. The van der Waals surface area contributed by atoms with Gasteiger partial charge in [-0.1, -0.05) is 6.42 Å². The van der Waals surface area contributed by atoms with Crippen LogP contribution in [0.1, 0.15) is 43.6 Å². The number of hydrogen-bond donors (Lipinski definition) is 1. The van der Waals surface area contributed by atoms with Crippen molar-refractivity contribution in [3.05, 3.63) is 42.1 Å². The third-order valence-corrected chi connectivity index (χ3v) is 7.23.